The summed E-state index contributed by atoms with van der Waals surface area (Å²) in [6.45, 7) is 20.6. The number of hydrogen-bond acceptors (Lipinski definition) is 3. The van der Waals surface area contributed by atoms with Crippen LogP contribution in [0.25, 0.3) is 33.3 Å². The van der Waals surface area contributed by atoms with Gasteiger partial charge in [0.1, 0.15) is 17.3 Å². The topological polar surface area (TPSA) is 44.9 Å². The van der Waals surface area contributed by atoms with Crippen molar-refractivity contribution in [3.63, 3.8) is 0 Å². The third-order valence-corrected chi connectivity index (χ3v) is 11.1. The molecule has 1 aliphatic rings. The van der Waals surface area contributed by atoms with Crippen LogP contribution in [0, 0.1) is 5.92 Å². The Morgan fingerprint density at radius 1 is 0.865 bits per heavy atom. The van der Waals surface area contributed by atoms with E-state index in [1.165, 1.54) is 57.3 Å². The van der Waals surface area contributed by atoms with Gasteiger partial charge in [-0.3, -0.25) is 4.57 Å². The van der Waals surface area contributed by atoms with E-state index < -0.39 is 0 Å². The third-order valence-electron chi connectivity index (χ3n) is 11.1. The largest absolute Gasteiger partial charge is 0.457 e. The molecule has 0 spiro atoms. The van der Waals surface area contributed by atoms with Gasteiger partial charge in [0.25, 0.3) is 0 Å². The first-order chi connectivity index (χ1) is 25.0. The van der Waals surface area contributed by atoms with Gasteiger partial charge in [0.2, 0.25) is 0 Å². The van der Waals surface area contributed by atoms with Gasteiger partial charge in [-0.1, -0.05) is 98.1 Å². The number of rotatable bonds is 10. The molecule has 5 nitrogen and oxygen atoms in total. The highest BCUT2D eigenvalue weighted by atomic mass is 16.5. The molecule has 2 atom stereocenters. The molecule has 52 heavy (non-hydrogen) atoms. The van der Waals surface area contributed by atoms with Crippen LogP contribution in [0.1, 0.15) is 128 Å². The number of para-hydroxylation sites is 1. The molecular weight excluding hydrogens is 637 g/mol. The fourth-order valence-corrected chi connectivity index (χ4v) is 8.33. The Hall–Kier alpha value is -4.64. The molecule has 5 heteroatoms. The summed E-state index contributed by atoms with van der Waals surface area (Å²) in [6.07, 6.45) is 10.9. The van der Waals surface area contributed by atoms with E-state index in [4.69, 9.17) is 14.8 Å². The zero-order chi connectivity index (χ0) is 36.7. The monoisotopic (exact) mass is 692 g/mol. The van der Waals surface area contributed by atoms with Crippen LogP contribution >= 0.6 is 0 Å². The maximum Gasteiger partial charge on any atom is 0.137 e. The lowest BCUT2D eigenvalue weighted by Crippen LogP contribution is -2.18. The highest BCUT2D eigenvalue weighted by molar-refractivity contribution is 6.09. The predicted octanol–water partition coefficient (Wildman–Crippen LogP) is 12.9. The smallest absolute Gasteiger partial charge is 0.137 e. The molecule has 270 valence electrons. The van der Waals surface area contributed by atoms with E-state index in [0.717, 1.165) is 59.7 Å². The standard InChI is InChI=1S/C47H56N4O/c1-10-15-40-46(45-31(5)17-14-18-32(45)6)42(16-11-2)51(49-40)35-26-34(47(7,8)9)27-37(28-35)52-36-21-22-39-38-19-12-13-20-41(38)50(43(39)29-36)44-25-33(30(3)4)23-24-48-44/h12-13,17,19-30,32,45H,10-11,14-16,18H2,1-9H3/t32-,45?/m0/s1. The minimum absolute atomic E-state index is 0.0814. The highest BCUT2D eigenvalue weighted by Crippen LogP contribution is 2.43. The Kier molecular flexibility index (Phi) is 9.91. The molecule has 0 N–H and O–H groups in total. The van der Waals surface area contributed by atoms with E-state index in [-0.39, 0.29) is 5.41 Å². The average Bonchev–Trinajstić information content (AvgIpc) is 3.63. The quantitative estimate of drug-likeness (QED) is 0.134. The predicted molar refractivity (Wildman–Crippen MR) is 218 cm³/mol. The van der Waals surface area contributed by atoms with E-state index in [2.05, 4.69) is 150 Å². The number of pyridine rings is 1. The first kappa shape index (κ1) is 35.7. The van der Waals surface area contributed by atoms with Crippen LogP contribution in [0.3, 0.4) is 0 Å². The molecule has 0 radical (unpaired) electrons. The van der Waals surface area contributed by atoms with Crippen LogP contribution < -0.4 is 4.74 Å². The van der Waals surface area contributed by atoms with Crippen molar-refractivity contribution < 1.29 is 4.74 Å². The molecule has 0 saturated heterocycles. The van der Waals surface area contributed by atoms with Crippen molar-refractivity contribution in [1.29, 1.82) is 0 Å². The molecule has 3 heterocycles. The van der Waals surface area contributed by atoms with Gasteiger partial charge in [0, 0.05) is 46.3 Å². The number of ether oxygens (including phenoxy) is 1. The van der Waals surface area contributed by atoms with Crippen LogP contribution in [0.5, 0.6) is 11.5 Å². The van der Waals surface area contributed by atoms with Gasteiger partial charge in [0.05, 0.1) is 22.4 Å². The summed E-state index contributed by atoms with van der Waals surface area (Å²) in [6, 6.07) is 26.1. The summed E-state index contributed by atoms with van der Waals surface area (Å²) in [5.74, 6) is 3.97. The van der Waals surface area contributed by atoms with Crippen LogP contribution in [0.15, 0.2) is 90.6 Å². The number of fused-ring (bicyclic) bond motifs is 3. The molecular formula is C47H56N4O. The fraction of sp³-hybridized carbons (Fsp3) is 0.404. The maximum atomic E-state index is 6.88. The molecule has 3 aromatic carbocycles. The Balaban J connectivity index is 1.37. The Bertz CT molecular complexity index is 2260. The molecule has 1 aliphatic carbocycles. The van der Waals surface area contributed by atoms with Crippen molar-refractivity contribution in [1.82, 2.24) is 19.3 Å². The summed E-state index contributed by atoms with van der Waals surface area (Å²) in [5.41, 5.74) is 11.3. The molecule has 1 unspecified atom stereocenters. The van der Waals surface area contributed by atoms with Gasteiger partial charge in [-0.25, -0.2) is 9.67 Å². The van der Waals surface area contributed by atoms with Crippen LogP contribution in [-0.2, 0) is 18.3 Å². The van der Waals surface area contributed by atoms with Crippen molar-refractivity contribution in [2.24, 2.45) is 5.92 Å². The summed E-state index contributed by atoms with van der Waals surface area (Å²) in [5, 5.41) is 7.84. The minimum atomic E-state index is -0.0814. The average molecular weight is 693 g/mol. The molecule has 0 aliphatic heterocycles. The van der Waals surface area contributed by atoms with Gasteiger partial charge in [0.15, 0.2) is 0 Å². The van der Waals surface area contributed by atoms with Crippen molar-refractivity contribution >= 4 is 21.8 Å². The Morgan fingerprint density at radius 3 is 2.37 bits per heavy atom. The fourth-order valence-electron chi connectivity index (χ4n) is 8.33. The number of hydrogen-bond donors (Lipinski definition) is 0. The number of allylic oxidation sites excluding steroid dienone is 2. The van der Waals surface area contributed by atoms with E-state index >= 15 is 0 Å². The van der Waals surface area contributed by atoms with E-state index in [0.29, 0.717) is 17.8 Å². The number of aryl methyl sites for hydroxylation is 1. The van der Waals surface area contributed by atoms with Crippen molar-refractivity contribution in [3.8, 4) is 23.0 Å². The van der Waals surface area contributed by atoms with Crippen molar-refractivity contribution in [3.05, 3.63) is 119 Å². The Labute approximate surface area is 310 Å². The van der Waals surface area contributed by atoms with Crippen LogP contribution in [-0.4, -0.2) is 19.3 Å². The van der Waals surface area contributed by atoms with E-state index in [1.54, 1.807) is 0 Å². The zero-order valence-electron chi connectivity index (χ0n) is 32.8. The molecule has 3 aromatic heterocycles. The lowest BCUT2D eigenvalue weighted by molar-refractivity contribution is 0.445. The molecule has 0 saturated carbocycles. The minimum Gasteiger partial charge on any atom is -0.457 e. The highest BCUT2D eigenvalue weighted by Gasteiger charge is 2.32. The molecule has 0 fully saturated rings. The second-order valence-electron chi connectivity index (χ2n) is 16.4. The van der Waals surface area contributed by atoms with Gasteiger partial charge in [-0.05, 0) is 103 Å². The molecule has 0 amide bonds. The SMILES string of the molecule is CCCc1nn(-c2cc(Oc3ccc4c5ccccc5n(-c5cc(C(C)C)ccn5)c4c3)cc(C(C)(C)C)c2)c(CCC)c1C1C(C)=CCC[C@@H]1C. The third kappa shape index (κ3) is 6.71. The lowest BCUT2D eigenvalue weighted by atomic mass is 9.74. The second-order valence-corrected chi connectivity index (χ2v) is 16.4. The first-order valence-corrected chi connectivity index (χ1v) is 19.6. The Morgan fingerprint density at radius 2 is 1.63 bits per heavy atom. The zero-order valence-corrected chi connectivity index (χ0v) is 32.8. The summed E-state index contributed by atoms with van der Waals surface area (Å²) in [4.78, 5) is 4.86. The van der Waals surface area contributed by atoms with E-state index in [1.807, 2.05) is 6.20 Å². The van der Waals surface area contributed by atoms with Gasteiger partial charge >= 0.3 is 0 Å². The first-order valence-electron chi connectivity index (χ1n) is 19.6. The van der Waals surface area contributed by atoms with Crippen LogP contribution in [0.2, 0.25) is 0 Å². The second kappa shape index (κ2) is 14.4. The molecule has 7 rings (SSSR count). The van der Waals surface area contributed by atoms with Crippen molar-refractivity contribution in [2.45, 2.75) is 118 Å². The van der Waals surface area contributed by atoms with Crippen LogP contribution in [0.4, 0.5) is 0 Å². The van der Waals surface area contributed by atoms with Gasteiger partial charge < -0.3 is 4.74 Å². The van der Waals surface area contributed by atoms with Gasteiger partial charge in [-0.2, -0.15) is 5.10 Å². The number of benzene rings is 3. The number of nitrogens with zero attached hydrogens (tertiary/aromatic N) is 4. The van der Waals surface area contributed by atoms with E-state index in [9.17, 15) is 0 Å². The molecule has 0 bridgehead atoms. The van der Waals surface area contributed by atoms with Gasteiger partial charge in [-0.15, -0.1) is 0 Å². The lowest BCUT2D eigenvalue weighted by Gasteiger charge is -2.30. The van der Waals surface area contributed by atoms with Crippen molar-refractivity contribution in [2.75, 3.05) is 0 Å². The number of aromatic nitrogens is 4. The molecule has 6 aromatic rings. The summed E-state index contributed by atoms with van der Waals surface area (Å²) < 4.78 is 11.4. The summed E-state index contributed by atoms with van der Waals surface area (Å²) >= 11 is 0. The maximum absolute atomic E-state index is 6.88. The normalized spacial score (nSPS) is 16.6. The summed E-state index contributed by atoms with van der Waals surface area (Å²) in [7, 11) is 0.